The van der Waals surface area contributed by atoms with Gasteiger partial charge in [0.25, 0.3) is 5.69 Å². The minimum absolute atomic E-state index is 0.0935. The van der Waals surface area contributed by atoms with E-state index in [0.717, 1.165) is 4.90 Å². The molecule has 0 bridgehead atoms. The van der Waals surface area contributed by atoms with Crippen molar-refractivity contribution in [3.63, 3.8) is 0 Å². The molecule has 0 aliphatic carbocycles. The normalized spacial score (nSPS) is 21.2. The Morgan fingerprint density at radius 2 is 1.74 bits per heavy atom. The van der Waals surface area contributed by atoms with Crippen LogP contribution in [-0.2, 0) is 14.4 Å². The summed E-state index contributed by atoms with van der Waals surface area (Å²) in [5.41, 5.74) is 0.261. The summed E-state index contributed by atoms with van der Waals surface area (Å²) < 4.78 is 0. The molecule has 2 rings (SSSR count). The molecule has 1 aliphatic rings. The number of nitrogens with one attached hydrogen (secondary N) is 1. The summed E-state index contributed by atoms with van der Waals surface area (Å²) in [5.74, 6) is -1.32. The Balaban J connectivity index is 2.02. The van der Waals surface area contributed by atoms with Gasteiger partial charge >= 0.3 is 0 Å². The monoisotopic (exact) mass is 337 g/mol. The zero-order valence-electron chi connectivity index (χ0n) is 12.5. The first kappa shape index (κ1) is 16.9. The molecule has 1 saturated heterocycles. The first-order chi connectivity index (χ1) is 10.8. The van der Waals surface area contributed by atoms with E-state index in [4.69, 9.17) is 0 Å². The second-order valence-corrected chi connectivity index (χ2v) is 6.72. The molecule has 1 aromatic carbocycles. The zero-order valence-corrected chi connectivity index (χ0v) is 13.3. The number of anilines is 1. The lowest BCUT2D eigenvalue weighted by Crippen LogP contribution is -2.52. The fourth-order valence-corrected chi connectivity index (χ4v) is 3.24. The number of nitrogens with zero attached hydrogens (tertiary/aromatic N) is 2. The van der Waals surface area contributed by atoms with Gasteiger partial charge in [0.2, 0.25) is 17.7 Å². The van der Waals surface area contributed by atoms with Gasteiger partial charge in [0.15, 0.2) is 0 Å². The van der Waals surface area contributed by atoms with Gasteiger partial charge in [-0.15, -0.1) is 11.8 Å². The summed E-state index contributed by atoms with van der Waals surface area (Å²) in [6.07, 6.45) is 0. The van der Waals surface area contributed by atoms with E-state index in [1.165, 1.54) is 36.0 Å². The minimum Gasteiger partial charge on any atom is -0.325 e. The van der Waals surface area contributed by atoms with E-state index in [2.05, 4.69) is 5.32 Å². The number of nitro benzene ring substituents is 1. The van der Waals surface area contributed by atoms with Crippen LogP contribution >= 0.6 is 11.8 Å². The van der Waals surface area contributed by atoms with Crippen molar-refractivity contribution in [1.82, 2.24) is 4.90 Å². The van der Waals surface area contributed by atoms with Crippen molar-refractivity contribution in [2.75, 3.05) is 11.9 Å². The van der Waals surface area contributed by atoms with Crippen molar-refractivity contribution in [2.45, 2.75) is 24.3 Å². The van der Waals surface area contributed by atoms with Gasteiger partial charge in [-0.1, -0.05) is 0 Å². The van der Waals surface area contributed by atoms with Crippen LogP contribution in [0.5, 0.6) is 0 Å². The predicted molar refractivity (Wildman–Crippen MR) is 85.0 cm³/mol. The first-order valence-corrected chi connectivity index (χ1v) is 7.79. The summed E-state index contributed by atoms with van der Waals surface area (Å²) in [6.45, 7) is 3.01. The minimum atomic E-state index is -0.545. The van der Waals surface area contributed by atoms with E-state index in [0.29, 0.717) is 5.69 Å². The maximum Gasteiger partial charge on any atom is 0.269 e. The van der Waals surface area contributed by atoms with Crippen molar-refractivity contribution < 1.29 is 19.3 Å². The number of hydrogen-bond donors (Lipinski definition) is 1. The largest absolute Gasteiger partial charge is 0.325 e. The molecule has 1 aromatic rings. The van der Waals surface area contributed by atoms with Gasteiger partial charge in [-0.05, 0) is 26.0 Å². The molecule has 0 spiro atoms. The smallest absolute Gasteiger partial charge is 0.269 e. The van der Waals surface area contributed by atoms with Gasteiger partial charge in [-0.2, -0.15) is 0 Å². The molecule has 0 unspecified atom stereocenters. The Hall–Kier alpha value is -2.42. The van der Waals surface area contributed by atoms with Crippen LogP contribution in [0.2, 0.25) is 0 Å². The quantitative estimate of drug-likeness (QED) is 0.505. The summed E-state index contributed by atoms with van der Waals surface area (Å²) in [7, 11) is 0. The molecule has 1 fully saturated rings. The molecular formula is C14H15N3O5S. The second-order valence-electron chi connectivity index (χ2n) is 5.04. The number of hydrogen-bond acceptors (Lipinski definition) is 6. The number of benzene rings is 1. The molecule has 0 radical (unpaired) electrons. The SMILES string of the molecule is C[C@@H]1S[C@@H](C)C(=O)N(CC(=O)Nc2ccc([N+](=O)[O-])cc2)C1=O. The lowest BCUT2D eigenvalue weighted by Gasteiger charge is -2.31. The lowest BCUT2D eigenvalue weighted by atomic mass is 10.2. The van der Waals surface area contributed by atoms with Gasteiger partial charge in [0.05, 0.1) is 15.4 Å². The summed E-state index contributed by atoms with van der Waals surface area (Å²) in [5, 5.41) is 12.3. The Morgan fingerprint density at radius 3 is 2.22 bits per heavy atom. The Morgan fingerprint density at radius 1 is 1.22 bits per heavy atom. The van der Waals surface area contributed by atoms with E-state index in [1.807, 2.05) is 0 Å². The van der Waals surface area contributed by atoms with Crippen molar-refractivity contribution in [3.05, 3.63) is 34.4 Å². The summed E-state index contributed by atoms with van der Waals surface area (Å²) >= 11 is 1.26. The van der Waals surface area contributed by atoms with Crippen LogP contribution in [0.25, 0.3) is 0 Å². The molecule has 0 aromatic heterocycles. The number of imide groups is 1. The van der Waals surface area contributed by atoms with Crippen molar-refractivity contribution in [1.29, 1.82) is 0 Å². The predicted octanol–water partition coefficient (Wildman–Crippen LogP) is 1.41. The van der Waals surface area contributed by atoms with Crippen LogP contribution in [0.1, 0.15) is 13.8 Å². The van der Waals surface area contributed by atoms with E-state index < -0.39 is 22.6 Å². The molecule has 122 valence electrons. The molecule has 0 saturated carbocycles. The highest BCUT2D eigenvalue weighted by Crippen LogP contribution is 2.26. The Kier molecular flexibility index (Phi) is 4.99. The molecular weight excluding hydrogens is 322 g/mol. The third-order valence-corrected chi connectivity index (χ3v) is 4.52. The van der Waals surface area contributed by atoms with Crippen molar-refractivity contribution in [2.24, 2.45) is 0 Å². The first-order valence-electron chi connectivity index (χ1n) is 6.84. The van der Waals surface area contributed by atoms with Gasteiger partial charge in [-0.3, -0.25) is 29.4 Å². The Labute approximate surface area is 136 Å². The number of carbonyl (C=O) groups is 3. The van der Waals surface area contributed by atoms with Crippen LogP contribution in [-0.4, -0.2) is 44.6 Å². The average Bonchev–Trinajstić information content (AvgIpc) is 2.50. The van der Waals surface area contributed by atoms with Crippen LogP contribution in [0.3, 0.4) is 0 Å². The number of carbonyl (C=O) groups excluding carboxylic acids is 3. The number of amides is 3. The average molecular weight is 337 g/mol. The third kappa shape index (κ3) is 3.86. The van der Waals surface area contributed by atoms with Crippen molar-refractivity contribution in [3.8, 4) is 0 Å². The molecule has 9 heteroatoms. The van der Waals surface area contributed by atoms with Gasteiger partial charge < -0.3 is 5.32 Å². The highest BCUT2D eigenvalue weighted by Gasteiger charge is 2.37. The maximum absolute atomic E-state index is 12.0. The summed E-state index contributed by atoms with van der Waals surface area (Å²) in [4.78, 5) is 47.0. The fourth-order valence-electron chi connectivity index (χ4n) is 2.14. The zero-order chi connectivity index (χ0) is 17.1. The molecule has 1 aliphatic heterocycles. The van der Waals surface area contributed by atoms with Gasteiger partial charge in [-0.25, -0.2) is 0 Å². The topological polar surface area (TPSA) is 110 Å². The Bertz CT molecular complexity index is 641. The second kappa shape index (κ2) is 6.78. The van der Waals surface area contributed by atoms with Crippen LogP contribution < -0.4 is 5.32 Å². The number of non-ortho nitro benzene ring substituents is 1. The van der Waals surface area contributed by atoms with Gasteiger partial charge in [0, 0.05) is 17.8 Å². The molecule has 8 nitrogen and oxygen atoms in total. The molecule has 1 heterocycles. The fraction of sp³-hybridized carbons (Fsp3) is 0.357. The highest BCUT2D eigenvalue weighted by atomic mass is 32.2. The van der Waals surface area contributed by atoms with Crippen LogP contribution in [0.4, 0.5) is 11.4 Å². The number of thioether (sulfide) groups is 1. The maximum atomic E-state index is 12.0. The highest BCUT2D eigenvalue weighted by molar-refractivity contribution is 8.02. The van der Waals surface area contributed by atoms with Crippen LogP contribution in [0, 0.1) is 10.1 Å². The lowest BCUT2D eigenvalue weighted by molar-refractivity contribution is -0.384. The van der Waals surface area contributed by atoms with E-state index >= 15 is 0 Å². The number of nitro groups is 1. The van der Waals surface area contributed by atoms with Crippen LogP contribution in [0.15, 0.2) is 24.3 Å². The summed E-state index contributed by atoms with van der Waals surface area (Å²) in [6, 6.07) is 5.29. The molecule has 2 atom stereocenters. The van der Waals surface area contributed by atoms with Gasteiger partial charge in [0.1, 0.15) is 6.54 Å². The standard InChI is InChI=1S/C14H15N3O5S/c1-8-13(19)16(14(20)9(2)23-8)7-12(18)15-10-3-5-11(6-4-10)17(21)22/h3-6,8-9H,7H2,1-2H3,(H,15,18)/t8-,9-/m0/s1. The number of rotatable bonds is 4. The van der Waals surface area contributed by atoms with E-state index in [-0.39, 0.29) is 22.7 Å². The molecule has 3 amide bonds. The van der Waals surface area contributed by atoms with Crippen molar-refractivity contribution >= 4 is 40.9 Å². The van der Waals surface area contributed by atoms with E-state index in [1.54, 1.807) is 13.8 Å². The third-order valence-electron chi connectivity index (χ3n) is 3.30. The van der Waals surface area contributed by atoms with E-state index in [9.17, 15) is 24.5 Å². The molecule has 1 N–H and O–H groups in total. The molecule has 23 heavy (non-hydrogen) atoms.